The molecule has 1 saturated heterocycles. The van der Waals surface area contributed by atoms with E-state index in [0.29, 0.717) is 0 Å². The predicted molar refractivity (Wildman–Crippen MR) is 78.1 cm³/mol. The first-order valence-corrected chi connectivity index (χ1v) is 6.83. The maximum Gasteiger partial charge on any atom is 0.241 e. The van der Waals surface area contributed by atoms with Crippen LogP contribution in [0.15, 0.2) is 0 Å². The lowest BCUT2D eigenvalue weighted by Gasteiger charge is -2.21. The number of rotatable bonds is 4. The first-order valence-electron chi connectivity index (χ1n) is 6.83. The van der Waals surface area contributed by atoms with Gasteiger partial charge in [0, 0.05) is 13.1 Å². The summed E-state index contributed by atoms with van der Waals surface area (Å²) in [7, 11) is 0. The van der Waals surface area contributed by atoms with Crippen molar-refractivity contribution in [3.63, 3.8) is 0 Å². The summed E-state index contributed by atoms with van der Waals surface area (Å²) in [6.07, 6.45) is 4.50. The molecular formula is C13H26ClN3O2. The average molecular weight is 292 g/mol. The van der Waals surface area contributed by atoms with E-state index in [4.69, 9.17) is 5.73 Å². The fraction of sp³-hybridized carbons (Fsp3) is 0.846. The Morgan fingerprint density at radius 2 is 1.68 bits per heavy atom. The lowest BCUT2D eigenvalue weighted by atomic mass is 10.1. The number of nitrogens with zero attached hydrogens (tertiary/aromatic N) is 1. The van der Waals surface area contributed by atoms with Gasteiger partial charge in [0.15, 0.2) is 0 Å². The molecule has 0 aromatic heterocycles. The van der Waals surface area contributed by atoms with Gasteiger partial charge in [-0.3, -0.25) is 9.59 Å². The van der Waals surface area contributed by atoms with Gasteiger partial charge in [0.1, 0.15) is 0 Å². The standard InChI is InChI=1S/C13H25N3O2.ClH/c1-10(2)12(14)13(18)15-9-11(17)16-7-5-3-4-6-8-16;/h10,12H,3-9,14H2,1-2H3,(H,15,18);1H/t12-;/m0./s1. The third-order valence-corrected chi connectivity index (χ3v) is 3.39. The van der Waals surface area contributed by atoms with E-state index < -0.39 is 6.04 Å². The van der Waals surface area contributed by atoms with Crippen molar-refractivity contribution in [2.75, 3.05) is 19.6 Å². The molecule has 1 heterocycles. The van der Waals surface area contributed by atoms with Crippen LogP contribution in [0.3, 0.4) is 0 Å². The predicted octanol–water partition coefficient (Wildman–Crippen LogP) is 0.910. The number of halogens is 1. The smallest absolute Gasteiger partial charge is 0.241 e. The number of nitrogens with two attached hydrogens (primary N) is 1. The molecule has 112 valence electrons. The summed E-state index contributed by atoms with van der Waals surface area (Å²) in [5, 5.41) is 2.63. The van der Waals surface area contributed by atoms with E-state index in [1.165, 1.54) is 12.8 Å². The van der Waals surface area contributed by atoms with Crippen molar-refractivity contribution in [1.29, 1.82) is 0 Å². The third-order valence-electron chi connectivity index (χ3n) is 3.39. The minimum atomic E-state index is -0.540. The van der Waals surface area contributed by atoms with Crippen LogP contribution in [0.1, 0.15) is 39.5 Å². The van der Waals surface area contributed by atoms with Crippen LogP contribution in [0.4, 0.5) is 0 Å². The van der Waals surface area contributed by atoms with Crippen molar-refractivity contribution in [1.82, 2.24) is 10.2 Å². The average Bonchev–Trinajstić information content (AvgIpc) is 2.63. The lowest BCUT2D eigenvalue weighted by Crippen LogP contribution is -2.48. The van der Waals surface area contributed by atoms with Crippen molar-refractivity contribution >= 4 is 24.2 Å². The maximum absolute atomic E-state index is 11.9. The molecule has 19 heavy (non-hydrogen) atoms. The van der Waals surface area contributed by atoms with Crippen LogP contribution in [0.25, 0.3) is 0 Å². The molecule has 0 aromatic carbocycles. The van der Waals surface area contributed by atoms with E-state index >= 15 is 0 Å². The molecule has 0 aromatic rings. The van der Waals surface area contributed by atoms with Gasteiger partial charge >= 0.3 is 0 Å². The second-order valence-electron chi connectivity index (χ2n) is 5.28. The van der Waals surface area contributed by atoms with Gasteiger partial charge in [-0.1, -0.05) is 26.7 Å². The van der Waals surface area contributed by atoms with E-state index in [-0.39, 0.29) is 36.7 Å². The summed E-state index contributed by atoms with van der Waals surface area (Å²) in [6.45, 7) is 5.47. The molecule has 0 unspecified atom stereocenters. The number of likely N-dealkylation sites (tertiary alicyclic amines) is 1. The Morgan fingerprint density at radius 1 is 1.16 bits per heavy atom. The van der Waals surface area contributed by atoms with Crippen LogP contribution >= 0.6 is 12.4 Å². The fourth-order valence-electron chi connectivity index (χ4n) is 2.02. The number of carbonyl (C=O) groups excluding carboxylic acids is 2. The molecule has 0 bridgehead atoms. The van der Waals surface area contributed by atoms with Crippen molar-refractivity contribution in [3.05, 3.63) is 0 Å². The number of nitrogens with one attached hydrogen (secondary N) is 1. The lowest BCUT2D eigenvalue weighted by molar-refractivity contribution is -0.133. The summed E-state index contributed by atoms with van der Waals surface area (Å²) in [5.74, 6) is -0.160. The first kappa shape index (κ1) is 18.2. The van der Waals surface area contributed by atoms with E-state index in [0.717, 1.165) is 25.9 Å². The van der Waals surface area contributed by atoms with Crippen molar-refractivity contribution in [2.45, 2.75) is 45.6 Å². The molecule has 0 radical (unpaired) electrons. The normalized spacial score (nSPS) is 17.4. The Balaban J connectivity index is 0.00000324. The highest BCUT2D eigenvalue weighted by molar-refractivity contribution is 5.87. The molecule has 1 fully saturated rings. The van der Waals surface area contributed by atoms with Gasteiger partial charge in [-0.2, -0.15) is 0 Å². The molecule has 3 N–H and O–H groups in total. The molecule has 1 atom stereocenters. The Bertz CT molecular complexity index is 290. The SMILES string of the molecule is CC(C)[C@H](N)C(=O)NCC(=O)N1CCCCCC1.Cl. The van der Waals surface area contributed by atoms with Gasteiger partial charge in [0.2, 0.25) is 11.8 Å². The minimum Gasteiger partial charge on any atom is -0.346 e. The van der Waals surface area contributed by atoms with Crippen molar-refractivity contribution < 1.29 is 9.59 Å². The van der Waals surface area contributed by atoms with Crippen LogP contribution in [0.2, 0.25) is 0 Å². The third kappa shape index (κ3) is 6.25. The molecule has 0 spiro atoms. The van der Waals surface area contributed by atoms with Gasteiger partial charge < -0.3 is 16.0 Å². The zero-order valence-corrected chi connectivity index (χ0v) is 12.7. The van der Waals surface area contributed by atoms with Gasteiger partial charge in [0.25, 0.3) is 0 Å². The summed E-state index contributed by atoms with van der Waals surface area (Å²) in [4.78, 5) is 25.4. The Kier molecular flexibility index (Phi) is 8.76. The second kappa shape index (κ2) is 9.15. The monoisotopic (exact) mass is 291 g/mol. The highest BCUT2D eigenvalue weighted by Gasteiger charge is 2.20. The molecule has 1 rings (SSSR count). The Labute approximate surface area is 121 Å². The number of carbonyl (C=O) groups is 2. The van der Waals surface area contributed by atoms with Gasteiger partial charge in [-0.15, -0.1) is 12.4 Å². The van der Waals surface area contributed by atoms with Crippen LogP contribution in [-0.4, -0.2) is 42.4 Å². The van der Waals surface area contributed by atoms with Crippen molar-refractivity contribution in [2.24, 2.45) is 11.7 Å². The highest BCUT2D eigenvalue weighted by Crippen LogP contribution is 2.09. The molecule has 1 aliphatic rings. The molecule has 1 aliphatic heterocycles. The zero-order valence-electron chi connectivity index (χ0n) is 11.9. The van der Waals surface area contributed by atoms with Crippen LogP contribution < -0.4 is 11.1 Å². The molecule has 5 nitrogen and oxygen atoms in total. The quantitative estimate of drug-likeness (QED) is 0.808. The van der Waals surface area contributed by atoms with Gasteiger partial charge in [-0.25, -0.2) is 0 Å². The Hall–Kier alpha value is -0.810. The number of hydrogen-bond acceptors (Lipinski definition) is 3. The zero-order chi connectivity index (χ0) is 13.5. The van der Waals surface area contributed by atoms with Crippen molar-refractivity contribution in [3.8, 4) is 0 Å². The number of hydrogen-bond donors (Lipinski definition) is 2. The van der Waals surface area contributed by atoms with E-state index in [9.17, 15) is 9.59 Å². The summed E-state index contributed by atoms with van der Waals surface area (Å²) in [5.41, 5.74) is 5.71. The van der Waals surface area contributed by atoms with Crippen LogP contribution in [0.5, 0.6) is 0 Å². The second-order valence-corrected chi connectivity index (χ2v) is 5.28. The summed E-state index contributed by atoms with van der Waals surface area (Å²) >= 11 is 0. The minimum absolute atomic E-state index is 0. The van der Waals surface area contributed by atoms with E-state index in [1.807, 2.05) is 18.7 Å². The summed E-state index contributed by atoms with van der Waals surface area (Å²) in [6, 6.07) is -0.540. The van der Waals surface area contributed by atoms with Gasteiger partial charge in [-0.05, 0) is 18.8 Å². The Morgan fingerprint density at radius 3 is 2.16 bits per heavy atom. The van der Waals surface area contributed by atoms with Crippen LogP contribution in [0, 0.1) is 5.92 Å². The first-order chi connectivity index (χ1) is 8.52. The highest BCUT2D eigenvalue weighted by atomic mass is 35.5. The molecule has 2 amide bonds. The summed E-state index contributed by atoms with van der Waals surface area (Å²) < 4.78 is 0. The van der Waals surface area contributed by atoms with Crippen LogP contribution in [-0.2, 0) is 9.59 Å². The molecule has 6 heteroatoms. The largest absolute Gasteiger partial charge is 0.346 e. The molecule has 0 aliphatic carbocycles. The maximum atomic E-state index is 11.9. The molecular weight excluding hydrogens is 266 g/mol. The van der Waals surface area contributed by atoms with E-state index in [1.54, 1.807) is 0 Å². The van der Waals surface area contributed by atoms with Gasteiger partial charge in [0.05, 0.1) is 12.6 Å². The fourth-order valence-corrected chi connectivity index (χ4v) is 2.02. The topological polar surface area (TPSA) is 75.4 Å². The van der Waals surface area contributed by atoms with E-state index in [2.05, 4.69) is 5.32 Å². The molecule has 0 saturated carbocycles. The number of amides is 2.